The number of hydrogen-bond donors (Lipinski definition) is 3. The van der Waals surface area contributed by atoms with Gasteiger partial charge in [0.05, 0.1) is 18.8 Å². The molecule has 2 atom stereocenters. The minimum atomic E-state index is -0.677. The molecule has 0 spiro atoms. The lowest BCUT2D eigenvalue weighted by Gasteiger charge is -2.22. The van der Waals surface area contributed by atoms with Crippen LogP contribution in [0.3, 0.4) is 0 Å². The van der Waals surface area contributed by atoms with Crippen LogP contribution < -0.4 is 5.32 Å². The van der Waals surface area contributed by atoms with Gasteiger partial charge in [-0.2, -0.15) is 0 Å². The van der Waals surface area contributed by atoms with Crippen LogP contribution in [-0.2, 0) is 4.79 Å². The summed E-state index contributed by atoms with van der Waals surface area (Å²) in [6.45, 7) is 4.37. The molecule has 298 valence electrons. The van der Waals surface area contributed by atoms with Gasteiger partial charge in [-0.25, -0.2) is 0 Å². The number of carbonyl (C=O) groups excluding carboxylic acids is 1. The monoisotopic (exact) mass is 706 g/mol. The van der Waals surface area contributed by atoms with E-state index in [4.69, 9.17) is 0 Å². The van der Waals surface area contributed by atoms with E-state index < -0.39 is 12.1 Å². The zero-order chi connectivity index (χ0) is 36.4. The van der Waals surface area contributed by atoms with Gasteiger partial charge in [0.15, 0.2) is 0 Å². The van der Waals surface area contributed by atoms with Crippen LogP contribution in [0.1, 0.15) is 258 Å². The van der Waals surface area contributed by atoms with Gasteiger partial charge in [-0.1, -0.05) is 225 Å². The molecule has 0 rings (SSSR count). The average Bonchev–Trinajstić information content (AvgIpc) is 3.12. The molecular weight excluding hydrogens is 615 g/mol. The molecule has 0 aliphatic carbocycles. The van der Waals surface area contributed by atoms with Crippen molar-refractivity contribution in [1.29, 1.82) is 0 Å². The second kappa shape index (κ2) is 42.5. The summed E-state index contributed by atoms with van der Waals surface area (Å²) in [4.78, 5) is 12.4. The Balaban J connectivity index is 3.49. The molecule has 0 fully saturated rings. The van der Waals surface area contributed by atoms with E-state index in [2.05, 4.69) is 31.3 Å². The Labute approximate surface area is 314 Å². The lowest BCUT2D eigenvalue weighted by molar-refractivity contribution is -0.123. The second-order valence-electron chi connectivity index (χ2n) is 15.8. The maximum Gasteiger partial charge on any atom is 0.220 e. The van der Waals surface area contributed by atoms with Crippen LogP contribution in [0.5, 0.6) is 0 Å². The number of unbranched alkanes of at least 4 members (excludes halogenated alkanes) is 33. The van der Waals surface area contributed by atoms with Gasteiger partial charge in [-0.05, 0) is 38.5 Å². The van der Waals surface area contributed by atoms with Crippen molar-refractivity contribution in [2.24, 2.45) is 0 Å². The summed E-state index contributed by atoms with van der Waals surface area (Å²) in [5.41, 5.74) is 0. The van der Waals surface area contributed by atoms with Crippen LogP contribution in [0.4, 0.5) is 0 Å². The molecule has 0 aliphatic rings. The van der Waals surface area contributed by atoms with Crippen LogP contribution >= 0.6 is 0 Å². The number of hydrogen-bond acceptors (Lipinski definition) is 3. The van der Waals surface area contributed by atoms with Gasteiger partial charge in [0.25, 0.3) is 0 Å². The van der Waals surface area contributed by atoms with Crippen molar-refractivity contribution in [3.05, 3.63) is 12.2 Å². The maximum absolute atomic E-state index is 12.4. The Kier molecular flexibility index (Phi) is 41.8. The molecule has 0 heterocycles. The lowest BCUT2D eigenvalue weighted by atomic mass is 10.0. The third-order valence-corrected chi connectivity index (χ3v) is 10.8. The van der Waals surface area contributed by atoms with E-state index in [1.807, 2.05) is 0 Å². The zero-order valence-electron chi connectivity index (χ0n) is 34.2. The molecule has 0 saturated carbocycles. The van der Waals surface area contributed by atoms with E-state index in [9.17, 15) is 15.0 Å². The molecule has 4 heteroatoms. The Morgan fingerprint density at radius 3 is 1.10 bits per heavy atom. The smallest absolute Gasteiger partial charge is 0.220 e. The van der Waals surface area contributed by atoms with Crippen LogP contribution in [0.2, 0.25) is 0 Å². The summed E-state index contributed by atoms with van der Waals surface area (Å²) < 4.78 is 0. The third-order valence-electron chi connectivity index (χ3n) is 10.8. The van der Waals surface area contributed by atoms with E-state index in [1.54, 1.807) is 0 Å². The van der Waals surface area contributed by atoms with Gasteiger partial charge >= 0.3 is 0 Å². The SMILES string of the molecule is CCCCCCCCCCCCC/C=C/CCCC[C@@H](O)[C@H](CO)NC(=O)CCCCCCCCCCCCCCCCCCCCCCC. The molecular formula is C46H91NO3. The quantitative estimate of drug-likeness (QED) is 0.0437. The van der Waals surface area contributed by atoms with Crippen molar-refractivity contribution in [3.63, 3.8) is 0 Å². The Hall–Kier alpha value is -0.870. The first-order valence-electron chi connectivity index (χ1n) is 22.9. The predicted octanol–water partition coefficient (Wildman–Crippen LogP) is 14.2. The van der Waals surface area contributed by atoms with Gasteiger partial charge in [0, 0.05) is 6.42 Å². The highest BCUT2D eigenvalue weighted by atomic mass is 16.3. The standard InChI is InChI=1S/C46H91NO3/c1-3-5-7-9-11-13-15-17-19-21-22-23-24-26-28-30-32-34-36-38-40-42-46(50)47-44(43-48)45(49)41-39-37-35-33-31-29-27-25-20-18-16-14-12-10-8-6-4-2/h31,33,44-45,48-49H,3-30,32,34-43H2,1-2H3,(H,47,50)/b33-31+/t44-,45+/m0/s1. The predicted molar refractivity (Wildman–Crippen MR) is 221 cm³/mol. The Morgan fingerprint density at radius 1 is 0.460 bits per heavy atom. The average molecular weight is 706 g/mol. The van der Waals surface area contributed by atoms with Crippen LogP contribution in [0.15, 0.2) is 12.2 Å². The van der Waals surface area contributed by atoms with Crippen molar-refractivity contribution in [3.8, 4) is 0 Å². The number of allylic oxidation sites excluding steroid dienone is 2. The molecule has 3 N–H and O–H groups in total. The first-order valence-corrected chi connectivity index (χ1v) is 22.9. The Morgan fingerprint density at radius 2 is 0.760 bits per heavy atom. The number of aliphatic hydroxyl groups excluding tert-OH is 2. The fourth-order valence-corrected chi connectivity index (χ4v) is 7.24. The molecule has 0 saturated heterocycles. The van der Waals surface area contributed by atoms with E-state index in [-0.39, 0.29) is 12.5 Å². The number of nitrogens with one attached hydrogen (secondary N) is 1. The van der Waals surface area contributed by atoms with Crippen LogP contribution in [-0.4, -0.2) is 34.9 Å². The highest BCUT2D eigenvalue weighted by Crippen LogP contribution is 2.16. The molecule has 0 aliphatic heterocycles. The van der Waals surface area contributed by atoms with Crippen LogP contribution in [0, 0.1) is 0 Å². The summed E-state index contributed by atoms with van der Waals surface area (Å²) in [5.74, 6) is -0.0359. The van der Waals surface area contributed by atoms with E-state index >= 15 is 0 Å². The molecule has 0 aromatic carbocycles. The molecule has 0 aromatic heterocycles. The van der Waals surface area contributed by atoms with E-state index in [0.717, 1.165) is 32.1 Å². The highest BCUT2D eigenvalue weighted by molar-refractivity contribution is 5.76. The summed E-state index contributed by atoms with van der Waals surface area (Å²) >= 11 is 0. The van der Waals surface area contributed by atoms with Crippen molar-refractivity contribution < 1.29 is 15.0 Å². The normalized spacial score (nSPS) is 13.0. The Bertz CT molecular complexity index is 680. The van der Waals surface area contributed by atoms with Gasteiger partial charge in [0.2, 0.25) is 5.91 Å². The van der Waals surface area contributed by atoms with Crippen LogP contribution in [0.25, 0.3) is 0 Å². The van der Waals surface area contributed by atoms with Crippen molar-refractivity contribution in [1.82, 2.24) is 5.32 Å². The number of carbonyl (C=O) groups is 1. The fourth-order valence-electron chi connectivity index (χ4n) is 7.24. The molecule has 50 heavy (non-hydrogen) atoms. The number of rotatable bonds is 42. The van der Waals surface area contributed by atoms with Gasteiger partial charge in [0.1, 0.15) is 0 Å². The third kappa shape index (κ3) is 38.4. The van der Waals surface area contributed by atoms with Crippen molar-refractivity contribution >= 4 is 5.91 Å². The summed E-state index contributed by atoms with van der Waals surface area (Å²) in [5, 5.41) is 23.2. The number of amides is 1. The maximum atomic E-state index is 12.4. The minimum absolute atomic E-state index is 0.0359. The van der Waals surface area contributed by atoms with Crippen molar-refractivity contribution in [2.75, 3.05) is 6.61 Å². The van der Waals surface area contributed by atoms with Gasteiger partial charge in [-0.3, -0.25) is 4.79 Å². The number of aliphatic hydroxyl groups is 2. The molecule has 4 nitrogen and oxygen atoms in total. The highest BCUT2D eigenvalue weighted by Gasteiger charge is 2.19. The minimum Gasteiger partial charge on any atom is -0.394 e. The largest absolute Gasteiger partial charge is 0.394 e. The van der Waals surface area contributed by atoms with Gasteiger partial charge < -0.3 is 15.5 Å². The van der Waals surface area contributed by atoms with Gasteiger partial charge in [-0.15, -0.1) is 0 Å². The van der Waals surface area contributed by atoms with Crippen molar-refractivity contribution in [2.45, 2.75) is 270 Å². The lowest BCUT2D eigenvalue weighted by Crippen LogP contribution is -2.45. The topological polar surface area (TPSA) is 69.6 Å². The zero-order valence-corrected chi connectivity index (χ0v) is 34.2. The molecule has 0 unspecified atom stereocenters. The first kappa shape index (κ1) is 49.1. The molecule has 0 aromatic rings. The summed E-state index contributed by atoms with van der Waals surface area (Å²) in [6.07, 6.45) is 53.0. The molecule has 0 bridgehead atoms. The summed E-state index contributed by atoms with van der Waals surface area (Å²) in [7, 11) is 0. The first-order chi connectivity index (χ1) is 24.7. The fraction of sp³-hybridized carbons (Fsp3) is 0.935. The van der Waals surface area contributed by atoms with E-state index in [0.29, 0.717) is 12.8 Å². The van der Waals surface area contributed by atoms with E-state index in [1.165, 1.54) is 199 Å². The second-order valence-corrected chi connectivity index (χ2v) is 15.8. The molecule has 0 radical (unpaired) electrons. The summed E-state index contributed by atoms with van der Waals surface area (Å²) in [6, 6.07) is -0.547. The molecule has 1 amide bonds.